The summed E-state index contributed by atoms with van der Waals surface area (Å²) >= 11 is 0. The number of tetrazole rings is 1. The fourth-order valence-corrected chi connectivity index (χ4v) is 1.48. The van der Waals surface area contributed by atoms with Crippen LogP contribution in [0, 0.1) is 5.92 Å². The maximum absolute atomic E-state index is 9.06. The first-order valence-corrected chi connectivity index (χ1v) is 4.40. The number of aryl methyl sites for hydroxylation is 1. The van der Waals surface area contributed by atoms with E-state index in [1.54, 1.807) is 11.7 Å². The molecule has 0 bridgehead atoms. The number of nitrogens with zero attached hydrogens (tertiary/aromatic N) is 4. The average molecular weight is 183 g/mol. The molecule has 1 aromatic rings. The molecule has 6 nitrogen and oxygen atoms in total. The Balaban J connectivity index is 1.77. The third-order valence-corrected chi connectivity index (χ3v) is 2.38. The molecule has 1 aliphatic carbocycles. The molecule has 0 saturated heterocycles. The summed E-state index contributed by atoms with van der Waals surface area (Å²) in [5.41, 5.74) is 0. The average Bonchev–Trinajstić information content (AvgIpc) is 2.43. The van der Waals surface area contributed by atoms with Gasteiger partial charge < -0.3 is 10.4 Å². The van der Waals surface area contributed by atoms with Gasteiger partial charge in [0.05, 0.1) is 6.10 Å². The molecule has 0 amide bonds. The van der Waals surface area contributed by atoms with Gasteiger partial charge in [0.1, 0.15) is 0 Å². The topological polar surface area (TPSA) is 75.9 Å². The Morgan fingerprint density at radius 3 is 2.92 bits per heavy atom. The highest BCUT2D eigenvalue weighted by molar-refractivity contribution is 5.21. The Labute approximate surface area is 75.9 Å². The Morgan fingerprint density at radius 1 is 1.62 bits per heavy atom. The van der Waals surface area contributed by atoms with E-state index in [-0.39, 0.29) is 6.10 Å². The Hall–Kier alpha value is -1.17. The van der Waals surface area contributed by atoms with E-state index in [4.69, 9.17) is 5.11 Å². The molecule has 1 saturated carbocycles. The third-order valence-electron chi connectivity index (χ3n) is 2.38. The first-order valence-electron chi connectivity index (χ1n) is 4.40. The van der Waals surface area contributed by atoms with Crippen molar-refractivity contribution < 1.29 is 5.11 Å². The molecule has 1 fully saturated rings. The first-order chi connectivity index (χ1) is 6.25. The zero-order chi connectivity index (χ0) is 9.26. The van der Waals surface area contributed by atoms with Crippen molar-refractivity contribution in [3.63, 3.8) is 0 Å². The van der Waals surface area contributed by atoms with Crippen molar-refractivity contribution in [2.75, 3.05) is 11.9 Å². The highest BCUT2D eigenvalue weighted by Gasteiger charge is 2.26. The molecule has 72 valence electrons. The van der Waals surface area contributed by atoms with Crippen molar-refractivity contribution in [1.29, 1.82) is 0 Å². The van der Waals surface area contributed by atoms with Crippen molar-refractivity contribution in [3.05, 3.63) is 0 Å². The number of hydrogen-bond acceptors (Lipinski definition) is 5. The highest BCUT2D eigenvalue weighted by atomic mass is 16.3. The highest BCUT2D eigenvalue weighted by Crippen LogP contribution is 2.26. The van der Waals surface area contributed by atoms with E-state index < -0.39 is 0 Å². The molecule has 1 heterocycles. The van der Waals surface area contributed by atoms with Crippen LogP contribution < -0.4 is 5.32 Å². The van der Waals surface area contributed by atoms with Crippen LogP contribution in [-0.4, -0.2) is 38.0 Å². The molecule has 0 radical (unpaired) electrons. The molecular weight excluding hydrogens is 170 g/mol. The Kier molecular flexibility index (Phi) is 2.13. The summed E-state index contributed by atoms with van der Waals surface area (Å²) < 4.78 is 1.59. The van der Waals surface area contributed by atoms with E-state index in [9.17, 15) is 0 Å². The third kappa shape index (κ3) is 1.77. The lowest BCUT2D eigenvalue weighted by molar-refractivity contribution is 0.0486. The molecule has 6 heteroatoms. The van der Waals surface area contributed by atoms with Crippen LogP contribution in [0.5, 0.6) is 0 Å². The molecule has 13 heavy (non-hydrogen) atoms. The van der Waals surface area contributed by atoms with Crippen molar-refractivity contribution in [2.45, 2.75) is 18.9 Å². The van der Waals surface area contributed by atoms with Gasteiger partial charge in [0.2, 0.25) is 5.95 Å². The van der Waals surface area contributed by atoms with Gasteiger partial charge in [0.15, 0.2) is 0 Å². The van der Waals surface area contributed by atoms with Crippen molar-refractivity contribution in [1.82, 2.24) is 20.2 Å². The maximum atomic E-state index is 9.06. The van der Waals surface area contributed by atoms with Crippen LogP contribution in [0.3, 0.4) is 0 Å². The Bertz CT molecular complexity index is 280. The predicted octanol–water partition coefficient (Wildman–Crippen LogP) is -0.607. The van der Waals surface area contributed by atoms with E-state index in [0.717, 1.165) is 19.4 Å². The smallest absolute Gasteiger partial charge is 0.242 e. The quantitative estimate of drug-likeness (QED) is 0.654. The summed E-state index contributed by atoms with van der Waals surface area (Å²) in [5.74, 6) is 1.24. The molecule has 2 rings (SSSR count). The molecule has 0 spiro atoms. The minimum absolute atomic E-state index is 0.0931. The molecule has 0 aromatic carbocycles. The zero-order valence-electron chi connectivity index (χ0n) is 7.51. The number of aliphatic hydroxyl groups is 1. The van der Waals surface area contributed by atoms with Gasteiger partial charge in [-0.15, -0.1) is 0 Å². The summed E-state index contributed by atoms with van der Waals surface area (Å²) in [6, 6.07) is 0. The van der Waals surface area contributed by atoms with Crippen molar-refractivity contribution >= 4 is 5.95 Å². The second kappa shape index (κ2) is 3.29. The molecule has 0 aliphatic heterocycles. The second-order valence-corrected chi connectivity index (χ2v) is 3.50. The minimum atomic E-state index is -0.0931. The zero-order valence-corrected chi connectivity index (χ0v) is 7.51. The normalized spacial score (nSPS) is 26.9. The van der Waals surface area contributed by atoms with Crippen LogP contribution in [0.2, 0.25) is 0 Å². The van der Waals surface area contributed by atoms with Crippen LogP contribution >= 0.6 is 0 Å². The van der Waals surface area contributed by atoms with Crippen LogP contribution in [-0.2, 0) is 7.05 Å². The van der Waals surface area contributed by atoms with E-state index in [1.807, 2.05) is 0 Å². The summed E-state index contributed by atoms with van der Waals surface area (Å²) in [6.07, 6.45) is 1.68. The Morgan fingerprint density at radius 2 is 2.38 bits per heavy atom. The monoisotopic (exact) mass is 183 g/mol. The van der Waals surface area contributed by atoms with E-state index in [1.165, 1.54) is 0 Å². The van der Waals surface area contributed by atoms with Gasteiger partial charge in [0.25, 0.3) is 0 Å². The molecule has 1 aliphatic rings. The van der Waals surface area contributed by atoms with Crippen LogP contribution in [0.15, 0.2) is 0 Å². The molecule has 2 N–H and O–H groups in total. The van der Waals surface area contributed by atoms with Crippen molar-refractivity contribution in [3.8, 4) is 0 Å². The van der Waals surface area contributed by atoms with Crippen LogP contribution in [0.4, 0.5) is 5.95 Å². The molecule has 0 atom stereocenters. The van der Waals surface area contributed by atoms with Gasteiger partial charge in [-0.3, -0.25) is 0 Å². The lowest BCUT2D eigenvalue weighted by atomic mass is 9.82. The van der Waals surface area contributed by atoms with Gasteiger partial charge in [-0.2, -0.15) is 0 Å². The van der Waals surface area contributed by atoms with Gasteiger partial charge in [0, 0.05) is 13.6 Å². The number of anilines is 1. The van der Waals surface area contributed by atoms with Gasteiger partial charge in [-0.1, -0.05) is 5.10 Å². The van der Waals surface area contributed by atoms with E-state index in [2.05, 4.69) is 20.8 Å². The lowest BCUT2D eigenvalue weighted by Gasteiger charge is -2.31. The fourth-order valence-electron chi connectivity index (χ4n) is 1.48. The van der Waals surface area contributed by atoms with E-state index in [0.29, 0.717) is 11.9 Å². The van der Waals surface area contributed by atoms with Crippen molar-refractivity contribution in [2.24, 2.45) is 13.0 Å². The largest absolute Gasteiger partial charge is 0.393 e. The predicted molar refractivity (Wildman–Crippen MR) is 46.0 cm³/mol. The van der Waals surface area contributed by atoms with Gasteiger partial charge in [-0.25, -0.2) is 4.68 Å². The summed E-state index contributed by atoms with van der Waals surface area (Å²) in [5, 5.41) is 23.2. The standard InChI is InChI=1S/C7H13N5O/c1-12-7(9-10-11-12)8-4-5-2-6(13)3-5/h5-6,13H,2-4H2,1H3,(H,8,9,11). The minimum Gasteiger partial charge on any atom is -0.393 e. The summed E-state index contributed by atoms with van der Waals surface area (Å²) in [4.78, 5) is 0. The lowest BCUT2D eigenvalue weighted by Crippen LogP contribution is -2.33. The number of hydrogen-bond donors (Lipinski definition) is 2. The fraction of sp³-hybridized carbons (Fsp3) is 0.857. The summed E-state index contributed by atoms with van der Waals surface area (Å²) in [6.45, 7) is 0.839. The van der Waals surface area contributed by atoms with Gasteiger partial charge in [-0.05, 0) is 29.2 Å². The van der Waals surface area contributed by atoms with E-state index >= 15 is 0 Å². The van der Waals surface area contributed by atoms with Crippen LogP contribution in [0.1, 0.15) is 12.8 Å². The summed E-state index contributed by atoms with van der Waals surface area (Å²) in [7, 11) is 1.79. The maximum Gasteiger partial charge on any atom is 0.242 e. The number of aromatic nitrogens is 4. The SMILES string of the molecule is Cn1nnnc1NCC1CC(O)C1. The molecule has 1 aromatic heterocycles. The second-order valence-electron chi connectivity index (χ2n) is 3.50. The molecule has 0 unspecified atom stereocenters. The van der Waals surface area contributed by atoms with Gasteiger partial charge >= 0.3 is 0 Å². The first kappa shape index (κ1) is 8.43. The van der Waals surface area contributed by atoms with Crippen LogP contribution in [0.25, 0.3) is 0 Å². The number of aliphatic hydroxyl groups excluding tert-OH is 1. The number of rotatable bonds is 3. The molecular formula is C7H13N5O. The number of nitrogens with one attached hydrogen (secondary N) is 1.